The Labute approximate surface area is 86.2 Å². The van der Waals surface area contributed by atoms with Crippen LogP contribution in [0.1, 0.15) is 40.5 Å². The lowest BCUT2D eigenvalue weighted by Gasteiger charge is -2.19. The van der Waals surface area contributed by atoms with E-state index in [1.807, 2.05) is 13.0 Å². The lowest BCUT2D eigenvalue weighted by atomic mass is 9.86. The van der Waals surface area contributed by atoms with Crippen LogP contribution in [0.2, 0.25) is 0 Å². The summed E-state index contributed by atoms with van der Waals surface area (Å²) in [5.74, 6) is 0.178. The molecule has 0 bridgehead atoms. The summed E-state index contributed by atoms with van der Waals surface area (Å²) in [7, 11) is 0. The van der Waals surface area contributed by atoms with Crippen molar-refractivity contribution in [3.05, 3.63) is 34.4 Å². The molecule has 1 rings (SSSR count). The molecule has 0 aromatic carbocycles. The number of carbonyl (C=O) groups excluding carboxylic acids is 1. The molecule has 0 aromatic heterocycles. The molecule has 0 atom stereocenters. The van der Waals surface area contributed by atoms with Crippen LogP contribution in [0.15, 0.2) is 34.4 Å². The van der Waals surface area contributed by atoms with Crippen molar-refractivity contribution in [3.63, 3.8) is 0 Å². The van der Waals surface area contributed by atoms with E-state index in [-0.39, 0.29) is 5.78 Å². The van der Waals surface area contributed by atoms with Crippen molar-refractivity contribution in [1.29, 1.82) is 0 Å². The summed E-state index contributed by atoms with van der Waals surface area (Å²) in [5.41, 5.74) is 4.88. The maximum Gasteiger partial charge on any atom is 0.181 e. The first kappa shape index (κ1) is 11.0. The van der Waals surface area contributed by atoms with Crippen LogP contribution in [0, 0.1) is 0 Å². The average molecular weight is 190 g/mol. The zero-order chi connectivity index (χ0) is 10.7. The van der Waals surface area contributed by atoms with Crippen molar-refractivity contribution < 1.29 is 4.79 Å². The molecule has 0 saturated carbocycles. The number of allylic oxidation sites excluding steroid dienone is 6. The molecule has 0 spiro atoms. The molecular formula is C13H18O. The summed E-state index contributed by atoms with van der Waals surface area (Å²) < 4.78 is 0. The number of hydrogen-bond acceptors (Lipinski definition) is 1. The molecule has 1 heteroatoms. The summed E-state index contributed by atoms with van der Waals surface area (Å²) >= 11 is 0. The normalized spacial score (nSPS) is 18.3. The predicted molar refractivity (Wildman–Crippen MR) is 60.1 cm³/mol. The fourth-order valence-electron chi connectivity index (χ4n) is 1.79. The van der Waals surface area contributed by atoms with E-state index in [0.717, 1.165) is 18.4 Å². The topological polar surface area (TPSA) is 17.1 Å². The first-order valence-corrected chi connectivity index (χ1v) is 5.11. The van der Waals surface area contributed by atoms with Gasteiger partial charge in [0.05, 0.1) is 0 Å². The molecule has 0 fully saturated rings. The van der Waals surface area contributed by atoms with Gasteiger partial charge in [-0.3, -0.25) is 4.79 Å². The number of hydrogen-bond donors (Lipinski definition) is 0. The molecule has 1 nitrogen and oxygen atoms in total. The lowest BCUT2D eigenvalue weighted by Crippen LogP contribution is -2.08. The smallest absolute Gasteiger partial charge is 0.181 e. The molecule has 0 unspecified atom stereocenters. The minimum Gasteiger partial charge on any atom is -0.290 e. The Kier molecular flexibility index (Phi) is 3.45. The molecule has 0 radical (unpaired) electrons. The Morgan fingerprint density at radius 3 is 2.36 bits per heavy atom. The first-order valence-electron chi connectivity index (χ1n) is 5.11. The van der Waals surface area contributed by atoms with E-state index < -0.39 is 0 Å². The lowest BCUT2D eigenvalue weighted by molar-refractivity contribution is -0.111. The van der Waals surface area contributed by atoms with E-state index in [1.54, 1.807) is 6.08 Å². The van der Waals surface area contributed by atoms with Gasteiger partial charge < -0.3 is 0 Å². The van der Waals surface area contributed by atoms with Crippen LogP contribution in [0.3, 0.4) is 0 Å². The van der Waals surface area contributed by atoms with E-state index in [2.05, 4.69) is 20.8 Å². The quantitative estimate of drug-likeness (QED) is 0.608. The van der Waals surface area contributed by atoms with Crippen LogP contribution < -0.4 is 0 Å². The molecular weight excluding hydrogens is 172 g/mol. The van der Waals surface area contributed by atoms with Gasteiger partial charge in [0.15, 0.2) is 5.78 Å². The maximum absolute atomic E-state index is 11.7. The molecule has 1 aliphatic carbocycles. The Bertz CT molecular complexity index is 340. The number of rotatable bonds is 2. The van der Waals surface area contributed by atoms with Gasteiger partial charge >= 0.3 is 0 Å². The second-order valence-electron chi connectivity index (χ2n) is 3.87. The monoisotopic (exact) mass is 190 g/mol. The Balaban J connectivity index is 3.06. The zero-order valence-electron chi connectivity index (χ0n) is 9.48. The average Bonchev–Trinajstić information content (AvgIpc) is 2.15. The third kappa shape index (κ3) is 2.03. The highest BCUT2D eigenvalue weighted by molar-refractivity contribution is 6.05. The highest BCUT2D eigenvalue weighted by Crippen LogP contribution is 2.30. The van der Waals surface area contributed by atoms with Gasteiger partial charge in [-0.1, -0.05) is 11.6 Å². The fourth-order valence-corrected chi connectivity index (χ4v) is 1.79. The molecule has 14 heavy (non-hydrogen) atoms. The molecule has 76 valence electrons. The van der Waals surface area contributed by atoms with Crippen LogP contribution in [0.5, 0.6) is 0 Å². The van der Waals surface area contributed by atoms with Crippen molar-refractivity contribution in [3.8, 4) is 0 Å². The van der Waals surface area contributed by atoms with E-state index in [0.29, 0.717) is 0 Å². The van der Waals surface area contributed by atoms with Crippen molar-refractivity contribution in [2.24, 2.45) is 0 Å². The minimum absolute atomic E-state index is 0.178. The van der Waals surface area contributed by atoms with Crippen LogP contribution in [0.4, 0.5) is 0 Å². The molecule has 0 N–H and O–H groups in total. The van der Waals surface area contributed by atoms with Gasteiger partial charge in [-0.05, 0) is 57.8 Å². The Morgan fingerprint density at radius 2 is 1.79 bits per heavy atom. The molecule has 0 aliphatic heterocycles. The number of ketones is 1. The van der Waals surface area contributed by atoms with Gasteiger partial charge in [-0.2, -0.15) is 0 Å². The van der Waals surface area contributed by atoms with Crippen molar-refractivity contribution >= 4 is 5.78 Å². The van der Waals surface area contributed by atoms with Crippen LogP contribution in [-0.4, -0.2) is 5.78 Å². The van der Waals surface area contributed by atoms with Crippen molar-refractivity contribution in [2.75, 3.05) is 0 Å². The van der Waals surface area contributed by atoms with Gasteiger partial charge in [0.1, 0.15) is 0 Å². The maximum atomic E-state index is 11.7. The summed E-state index contributed by atoms with van der Waals surface area (Å²) in [6.45, 7) is 8.18. The summed E-state index contributed by atoms with van der Waals surface area (Å²) in [6, 6.07) is 0. The van der Waals surface area contributed by atoms with E-state index >= 15 is 0 Å². The standard InChI is InChI=1S/C13H18O/c1-5-6-13(14)12-8-7-9(2)10(3)11(12)4/h5-6H,7-8H2,1-4H3/b6-5+. The third-order valence-electron chi connectivity index (χ3n) is 3.02. The van der Waals surface area contributed by atoms with Gasteiger partial charge in [-0.15, -0.1) is 0 Å². The molecule has 0 saturated heterocycles. The predicted octanol–water partition coefficient (Wildman–Crippen LogP) is 3.58. The molecule has 0 amide bonds. The number of carbonyl (C=O) groups is 1. The first-order chi connectivity index (χ1) is 6.57. The minimum atomic E-state index is 0.178. The van der Waals surface area contributed by atoms with E-state index in [1.165, 1.54) is 16.7 Å². The molecule has 1 aliphatic rings. The van der Waals surface area contributed by atoms with Gasteiger partial charge in [0.2, 0.25) is 0 Å². The highest BCUT2D eigenvalue weighted by Gasteiger charge is 2.16. The Hall–Kier alpha value is -1.11. The van der Waals surface area contributed by atoms with Crippen LogP contribution >= 0.6 is 0 Å². The molecule has 0 aromatic rings. The Morgan fingerprint density at radius 1 is 1.14 bits per heavy atom. The van der Waals surface area contributed by atoms with Crippen LogP contribution in [-0.2, 0) is 4.79 Å². The van der Waals surface area contributed by atoms with E-state index in [4.69, 9.17) is 0 Å². The fraction of sp³-hybridized carbons (Fsp3) is 0.462. The zero-order valence-corrected chi connectivity index (χ0v) is 9.48. The van der Waals surface area contributed by atoms with Gasteiger partial charge in [-0.25, -0.2) is 0 Å². The van der Waals surface area contributed by atoms with E-state index in [9.17, 15) is 4.79 Å². The van der Waals surface area contributed by atoms with Crippen molar-refractivity contribution in [1.82, 2.24) is 0 Å². The second kappa shape index (κ2) is 4.41. The van der Waals surface area contributed by atoms with Crippen molar-refractivity contribution in [2.45, 2.75) is 40.5 Å². The summed E-state index contributed by atoms with van der Waals surface area (Å²) in [4.78, 5) is 11.7. The second-order valence-corrected chi connectivity index (χ2v) is 3.87. The SMILES string of the molecule is C/C=C/C(=O)C1=C(C)C(C)=C(C)CC1. The van der Waals surface area contributed by atoms with Gasteiger partial charge in [0.25, 0.3) is 0 Å². The van der Waals surface area contributed by atoms with Crippen LogP contribution in [0.25, 0.3) is 0 Å². The molecule has 0 heterocycles. The highest BCUT2D eigenvalue weighted by atomic mass is 16.1. The summed E-state index contributed by atoms with van der Waals surface area (Å²) in [5, 5.41) is 0. The third-order valence-corrected chi connectivity index (χ3v) is 3.02. The largest absolute Gasteiger partial charge is 0.290 e. The summed E-state index contributed by atoms with van der Waals surface area (Å²) in [6.07, 6.45) is 5.40. The van der Waals surface area contributed by atoms with Gasteiger partial charge in [0, 0.05) is 5.57 Å².